The third kappa shape index (κ3) is 6.44. The van der Waals surface area contributed by atoms with Crippen molar-refractivity contribution in [1.29, 1.82) is 0 Å². The predicted molar refractivity (Wildman–Crippen MR) is 129 cm³/mol. The number of ether oxygens (including phenoxy) is 2. The lowest BCUT2D eigenvalue weighted by Gasteiger charge is -2.51. The van der Waals surface area contributed by atoms with Gasteiger partial charge in [-0.15, -0.1) is 0 Å². The number of nitrogens with zero attached hydrogens (tertiary/aromatic N) is 3. The van der Waals surface area contributed by atoms with Crippen LogP contribution < -0.4 is 0 Å². The van der Waals surface area contributed by atoms with Gasteiger partial charge in [-0.05, 0) is 106 Å². The molecule has 3 aliphatic heterocycles. The first kappa shape index (κ1) is 25.4. The maximum Gasteiger partial charge on any atom is 0.116 e. The second-order valence-corrected chi connectivity index (χ2v) is 11.5. The summed E-state index contributed by atoms with van der Waals surface area (Å²) in [5.74, 6) is 0.808. The standard InChI is InChI=1S/C26H51N3O2/c1-8-30-23-11-19-29(20-12-23)26(6,7)31-24-13-17-28(18-14-24)25(4,5)22-9-15-27(16-10-22)21(2)3/h21-24H,8-20H2,1-7H3. The summed E-state index contributed by atoms with van der Waals surface area (Å²) in [5, 5.41) is 0. The number of hydrogen-bond acceptors (Lipinski definition) is 5. The molecule has 5 nitrogen and oxygen atoms in total. The van der Waals surface area contributed by atoms with E-state index in [2.05, 4.69) is 63.2 Å². The second-order valence-electron chi connectivity index (χ2n) is 11.5. The van der Waals surface area contributed by atoms with Gasteiger partial charge >= 0.3 is 0 Å². The Morgan fingerprint density at radius 3 is 1.77 bits per heavy atom. The first-order valence-corrected chi connectivity index (χ1v) is 13.2. The maximum absolute atomic E-state index is 6.71. The van der Waals surface area contributed by atoms with Gasteiger partial charge in [-0.2, -0.15) is 0 Å². The fourth-order valence-electron chi connectivity index (χ4n) is 6.21. The zero-order valence-electron chi connectivity index (χ0n) is 21.7. The van der Waals surface area contributed by atoms with E-state index in [9.17, 15) is 0 Å². The number of hydrogen-bond donors (Lipinski definition) is 0. The summed E-state index contributed by atoms with van der Waals surface area (Å²) >= 11 is 0. The monoisotopic (exact) mass is 437 g/mol. The highest BCUT2D eigenvalue weighted by atomic mass is 16.5. The summed E-state index contributed by atoms with van der Waals surface area (Å²) in [7, 11) is 0. The first-order chi connectivity index (χ1) is 14.6. The molecule has 31 heavy (non-hydrogen) atoms. The molecule has 0 aromatic rings. The van der Waals surface area contributed by atoms with E-state index >= 15 is 0 Å². The smallest absolute Gasteiger partial charge is 0.116 e. The van der Waals surface area contributed by atoms with Gasteiger partial charge in [0, 0.05) is 44.4 Å². The van der Waals surface area contributed by atoms with Gasteiger partial charge in [0.05, 0.1) is 12.2 Å². The van der Waals surface area contributed by atoms with Gasteiger partial charge in [0.15, 0.2) is 0 Å². The minimum absolute atomic E-state index is 0.177. The quantitative estimate of drug-likeness (QED) is 0.553. The lowest BCUT2D eigenvalue weighted by molar-refractivity contribution is -0.188. The summed E-state index contributed by atoms with van der Waals surface area (Å²) in [6, 6.07) is 0.685. The summed E-state index contributed by atoms with van der Waals surface area (Å²) in [5.41, 5.74) is 0.119. The first-order valence-electron chi connectivity index (χ1n) is 13.2. The third-order valence-electron chi connectivity index (χ3n) is 8.58. The minimum atomic E-state index is -0.177. The molecule has 5 heteroatoms. The van der Waals surface area contributed by atoms with Crippen LogP contribution in [0.2, 0.25) is 0 Å². The lowest BCUT2D eigenvalue weighted by Crippen LogP contribution is -2.57. The van der Waals surface area contributed by atoms with Crippen molar-refractivity contribution in [3.8, 4) is 0 Å². The van der Waals surface area contributed by atoms with E-state index in [1.54, 1.807) is 0 Å². The van der Waals surface area contributed by atoms with E-state index in [-0.39, 0.29) is 5.72 Å². The second kappa shape index (κ2) is 10.8. The van der Waals surface area contributed by atoms with Crippen molar-refractivity contribution >= 4 is 0 Å². The molecule has 0 aromatic carbocycles. The van der Waals surface area contributed by atoms with E-state index in [4.69, 9.17) is 9.47 Å². The molecule has 0 radical (unpaired) electrons. The van der Waals surface area contributed by atoms with Crippen molar-refractivity contribution in [1.82, 2.24) is 14.7 Å². The highest BCUT2D eigenvalue weighted by molar-refractivity contribution is 4.94. The van der Waals surface area contributed by atoms with Crippen molar-refractivity contribution in [2.24, 2.45) is 5.92 Å². The topological polar surface area (TPSA) is 28.2 Å². The van der Waals surface area contributed by atoms with Crippen LogP contribution in [0.4, 0.5) is 0 Å². The Kier molecular flexibility index (Phi) is 8.87. The molecule has 0 aromatic heterocycles. The highest BCUT2D eigenvalue weighted by Gasteiger charge is 2.40. The fraction of sp³-hybridized carbons (Fsp3) is 1.00. The predicted octanol–water partition coefficient (Wildman–Crippen LogP) is 4.60. The van der Waals surface area contributed by atoms with Crippen LogP contribution in [0.1, 0.15) is 87.0 Å². The highest BCUT2D eigenvalue weighted by Crippen LogP contribution is 2.36. The van der Waals surface area contributed by atoms with E-state index < -0.39 is 0 Å². The Bertz CT molecular complexity index is 527. The Hall–Kier alpha value is -0.200. The zero-order valence-corrected chi connectivity index (χ0v) is 21.7. The van der Waals surface area contributed by atoms with Gasteiger partial charge in [0.1, 0.15) is 5.72 Å². The molecule has 3 aliphatic rings. The van der Waals surface area contributed by atoms with Crippen LogP contribution >= 0.6 is 0 Å². The Morgan fingerprint density at radius 1 is 0.742 bits per heavy atom. The van der Waals surface area contributed by atoms with E-state index in [1.165, 1.54) is 39.0 Å². The molecule has 0 saturated carbocycles. The SMILES string of the molecule is CCOC1CCN(C(C)(C)OC2CCN(C(C)(C)C3CCN(C(C)C)CC3)CC2)CC1. The number of rotatable bonds is 8. The molecule has 0 aliphatic carbocycles. The molecule has 3 rings (SSSR count). The Balaban J connectivity index is 1.44. The van der Waals surface area contributed by atoms with Gasteiger partial charge in [-0.25, -0.2) is 0 Å². The zero-order chi connectivity index (χ0) is 22.6. The van der Waals surface area contributed by atoms with E-state index in [0.717, 1.165) is 51.3 Å². The molecule has 182 valence electrons. The van der Waals surface area contributed by atoms with E-state index in [1.807, 2.05) is 0 Å². The third-order valence-corrected chi connectivity index (χ3v) is 8.58. The van der Waals surface area contributed by atoms with Crippen LogP contribution in [0, 0.1) is 5.92 Å². The van der Waals surface area contributed by atoms with Crippen molar-refractivity contribution in [3.63, 3.8) is 0 Å². The molecule has 3 saturated heterocycles. The van der Waals surface area contributed by atoms with Gasteiger partial charge in [0.2, 0.25) is 0 Å². The van der Waals surface area contributed by atoms with Crippen LogP contribution in [-0.2, 0) is 9.47 Å². The van der Waals surface area contributed by atoms with Crippen molar-refractivity contribution in [2.75, 3.05) is 45.9 Å². The molecule has 0 unspecified atom stereocenters. The van der Waals surface area contributed by atoms with Crippen LogP contribution in [0.25, 0.3) is 0 Å². The van der Waals surface area contributed by atoms with Crippen molar-refractivity contribution in [2.45, 2.75) is 117 Å². The number of likely N-dealkylation sites (tertiary alicyclic amines) is 3. The molecular weight excluding hydrogens is 386 g/mol. The maximum atomic E-state index is 6.71. The average molecular weight is 438 g/mol. The summed E-state index contributed by atoms with van der Waals surface area (Å²) in [6.45, 7) is 24.2. The molecule has 3 heterocycles. The van der Waals surface area contributed by atoms with Crippen LogP contribution in [0.3, 0.4) is 0 Å². The van der Waals surface area contributed by atoms with Crippen LogP contribution in [0.5, 0.6) is 0 Å². The molecule has 0 atom stereocenters. The van der Waals surface area contributed by atoms with Crippen LogP contribution in [-0.4, -0.2) is 90.1 Å². The van der Waals surface area contributed by atoms with Crippen molar-refractivity contribution < 1.29 is 9.47 Å². The van der Waals surface area contributed by atoms with Crippen LogP contribution in [0.15, 0.2) is 0 Å². The normalized spacial score (nSPS) is 25.5. The van der Waals surface area contributed by atoms with Crippen molar-refractivity contribution in [3.05, 3.63) is 0 Å². The Morgan fingerprint density at radius 2 is 1.26 bits per heavy atom. The summed E-state index contributed by atoms with van der Waals surface area (Å²) in [4.78, 5) is 7.94. The van der Waals surface area contributed by atoms with Gasteiger partial charge in [0.25, 0.3) is 0 Å². The molecular formula is C26H51N3O2. The van der Waals surface area contributed by atoms with Gasteiger partial charge in [-0.1, -0.05) is 0 Å². The molecule has 0 bridgehead atoms. The minimum Gasteiger partial charge on any atom is -0.378 e. The number of piperidine rings is 3. The molecule has 0 spiro atoms. The largest absolute Gasteiger partial charge is 0.378 e. The average Bonchev–Trinajstić information content (AvgIpc) is 2.74. The fourth-order valence-corrected chi connectivity index (χ4v) is 6.21. The van der Waals surface area contributed by atoms with E-state index in [0.29, 0.717) is 23.8 Å². The molecule has 3 fully saturated rings. The van der Waals surface area contributed by atoms with Gasteiger partial charge < -0.3 is 14.4 Å². The lowest BCUT2D eigenvalue weighted by atomic mass is 9.78. The van der Waals surface area contributed by atoms with Gasteiger partial charge in [-0.3, -0.25) is 9.80 Å². The summed E-state index contributed by atoms with van der Waals surface area (Å²) < 4.78 is 12.5. The Labute approximate surface area is 192 Å². The molecule has 0 N–H and O–H groups in total. The summed E-state index contributed by atoms with van der Waals surface area (Å²) in [6.07, 6.45) is 8.08. The molecule has 0 amide bonds.